The average Bonchev–Trinajstić information content (AvgIpc) is 4.10. The molecule has 0 bridgehead atoms. The molecule has 34 heteroatoms. The number of esters is 1. The van der Waals surface area contributed by atoms with Crippen LogP contribution in [0.25, 0.3) is 10.4 Å². The SMILES string of the molecule is CC1Nc2c(N)ncnc2N1[C@@H]1O/C(=C\OP(=O)(O)O[C@H]2[C@@H](OC3CCCO3)[C@H](n3ccc(N)nc3=O)O[C@@H]2COP(=O)(O)O)C(OC(=O)[C@H](CSSC(C)(C)C)NC(=O)OCc2ccc(N=[N+]=[N-])cc2)[C@H]1O. The first-order valence-corrected chi connectivity index (χ1v) is 27.3. The minimum absolute atomic E-state index is 0.0471. The highest BCUT2D eigenvalue weighted by Crippen LogP contribution is 2.51. The summed E-state index contributed by atoms with van der Waals surface area (Å²) >= 11 is 0. The lowest BCUT2D eigenvalue weighted by Gasteiger charge is -2.30. The lowest BCUT2D eigenvalue weighted by atomic mass is 10.1. The minimum atomic E-state index is -5.54. The molecule has 2 aromatic heterocycles. The lowest BCUT2D eigenvalue weighted by Crippen LogP contribution is -2.50. The van der Waals surface area contributed by atoms with Crippen LogP contribution in [-0.4, -0.2) is 130 Å². The number of carbonyl (C=O) groups excluding carboxylic acids is 2. The monoisotopic (exact) mass is 1100 g/mol. The molecule has 6 heterocycles. The average molecular weight is 1100 g/mol. The zero-order valence-electron chi connectivity index (χ0n) is 39.1. The molecule has 0 aliphatic carbocycles. The van der Waals surface area contributed by atoms with Gasteiger partial charge in [-0.15, -0.1) is 0 Å². The lowest BCUT2D eigenvalue weighted by molar-refractivity contribution is -0.181. The number of hydrogen-bond donors (Lipinski definition) is 8. The van der Waals surface area contributed by atoms with Crippen molar-refractivity contribution in [2.75, 3.05) is 40.7 Å². The number of nitrogens with zero attached hydrogens (tertiary/aromatic N) is 8. The van der Waals surface area contributed by atoms with Crippen molar-refractivity contribution in [3.63, 3.8) is 0 Å². The van der Waals surface area contributed by atoms with Crippen LogP contribution in [0.2, 0.25) is 0 Å². The summed E-state index contributed by atoms with van der Waals surface area (Å²) in [6.07, 6.45) is -10.8. The molecule has 1 amide bonds. The zero-order valence-corrected chi connectivity index (χ0v) is 42.5. The number of aromatic nitrogens is 4. The molecule has 7 rings (SSSR count). The number of alkyl carbamates (subject to hydrolysis) is 1. The van der Waals surface area contributed by atoms with Gasteiger partial charge in [-0.2, -0.15) is 4.98 Å². The van der Waals surface area contributed by atoms with E-state index in [0.29, 0.717) is 30.4 Å². The highest BCUT2D eigenvalue weighted by molar-refractivity contribution is 8.77. The summed E-state index contributed by atoms with van der Waals surface area (Å²) in [5.41, 5.74) is 20.7. The molecule has 3 aromatic rings. The Balaban J connectivity index is 1.17. The van der Waals surface area contributed by atoms with E-state index in [1.807, 2.05) is 20.8 Å². The number of fused-ring (bicyclic) bond motifs is 1. The number of hydrogen-bond acceptors (Lipinski definition) is 25. The Bertz CT molecular complexity index is 2710. The molecule has 4 aliphatic heterocycles. The van der Waals surface area contributed by atoms with Gasteiger partial charge in [-0.05, 0) is 30.5 Å². The molecule has 11 atom stereocenters. The number of anilines is 4. The van der Waals surface area contributed by atoms with Crippen LogP contribution in [0.4, 0.5) is 33.6 Å². The van der Waals surface area contributed by atoms with Crippen LogP contribution in [0.3, 0.4) is 0 Å². The Kier molecular flexibility index (Phi) is 17.7. The molecule has 4 aliphatic rings. The normalized spacial score (nSPS) is 26.5. The molecular formula is C39H52N12O18P2S2. The van der Waals surface area contributed by atoms with Gasteiger partial charge in [0.15, 0.2) is 42.1 Å². The summed E-state index contributed by atoms with van der Waals surface area (Å²) in [6, 6.07) is 5.94. The summed E-state index contributed by atoms with van der Waals surface area (Å²) in [4.78, 5) is 87.2. The van der Waals surface area contributed by atoms with E-state index in [0.717, 1.165) is 10.9 Å². The van der Waals surface area contributed by atoms with Crippen LogP contribution in [0.1, 0.15) is 52.3 Å². The summed E-state index contributed by atoms with van der Waals surface area (Å²) in [7, 11) is -8.16. The third-order valence-corrected chi connectivity index (χ3v) is 15.4. The van der Waals surface area contributed by atoms with E-state index >= 15 is 0 Å². The van der Waals surface area contributed by atoms with Gasteiger partial charge in [-0.25, -0.2) is 33.5 Å². The van der Waals surface area contributed by atoms with Gasteiger partial charge < -0.3 is 69.9 Å². The highest BCUT2D eigenvalue weighted by atomic mass is 33.1. The van der Waals surface area contributed by atoms with Crippen molar-refractivity contribution in [3.8, 4) is 0 Å². The third-order valence-electron chi connectivity index (χ3n) is 10.7. The number of nitrogen functional groups attached to an aromatic ring is 2. The van der Waals surface area contributed by atoms with Crippen LogP contribution >= 0.6 is 37.2 Å². The maximum absolute atomic E-state index is 14.2. The van der Waals surface area contributed by atoms with Gasteiger partial charge >= 0.3 is 33.4 Å². The summed E-state index contributed by atoms with van der Waals surface area (Å²) < 4.78 is 77.3. The molecule has 0 spiro atoms. The maximum Gasteiger partial charge on any atom is 0.527 e. The number of phosphoric ester groups is 2. The number of nitrogens with one attached hydrogen (secondary N) is 2. The van der Waals surface area contributed by atoms with Crippen LogP contribution in [0, 0.1) is 0 Å². The summed E-state index contributed by atoms with van der Waals surface area (Å²) in [6.45, 7) is 6.46. The fraction of sp³-hybridized carbons (Fsp3) is 0.538. The topological polar surface area (TPSA) is 421 Å². The summed E-state index contributed by atoms with van der Waals surface area (Å²) in [5, 5.41) is 21.1. The molecule has 398 valence electrons. The van der Waals surface area contributed by atoms with Gasteiger partial charge in [-0.1, -0.05) is 71.7 Å². The zero-order chi connectivity index (χ0) is 52.8. The van der Waals surface area contributed by atoms with Crippen LogP contribution in [-0.2, 0) is 62.5 Å². The fourth-order valence-electron chi connectivity index (χ4n) is 7.52. The van der Waals surface area contributed by atoms with E-state index in [-0.39, 0.29) is 46.9 Å². The molecule has 1 aromatic carbocycles. The Hall–Kier alpha value is -5.43. The maximum atomic E-state index is 14.2. The number of phosphoric acid groups is 2. The number of nitrogens with two attached hydrogens (primary N) is 2. The van der Waals surface area contributed by atoms with Crippen molar-refractivity contribution in [1.29, 1.82) is 0 Å². The predicted octanol–water partition coefficient (Wildman–Crippen LogP) is 3.39. The van der Waals surface area contributed by atoms with Crippen molar-refractivity contribution in [3.05, 3.63) is 81.4 Å². The van der Waals surface area contributed by atoms with Gasteiger partial charge in [0.25, 0.3) is 0 Å². The van der Waals surface area contributed by atoms with E-state index < -0.39 is 107 Å². The minimum Gasteiger partial charge on any atom is -0.464 e. The van der Waals surface area contributed by atoms with E-state index in [2.05, 4.69) is 35.6 Å². The van der Waals surface area contributed by atoms with Crippen molar-refractivity contribution < 1.29 is 80.5 Å². The molecule has 3 fully saturated rings. The second-order valence-corrected chi connectivity index (χ2v) is 23.0. The smallest absolute Gasteiger partial charge is 0.464 e. The number of rotatable bonds is 20. The number of amides is 1. The molecule has 10 N–H and O–H groups in total. The third kappa shape index (κ3) is 14.5. The molecule has 30 nitrogen and oxygen atoms in total. The number of ether oxygens (including phenoxy) is 6. The number of azide groups is 1. The number of carbonyl (C=O) groups is 2. The molecule has 3 saturated heterocycles. The predicted molar refractivity (Wildman–Crippen MR) is 257 cm³/mol. The molecular weight excluding hydrogens is 1050 g/mol. The molecule has 4 unspecified atom stereocenters. The second-order valence-electron chi connectivity index (χ2n) is 17.3. The first-order chi connectivity index (χ1) is 34.5. The van der Waals surface area contributed by atoms with Gasteiger partial charge in [0, 0.05) is 40.3 Å². The highest BCUT2D eigenvalue weighted by Gasteiger charge is 2.54. The van der Waals surface area contributed by atoms with Gasteiger partial charge in [-0.3, -0.25) is 23.4 Å². The van der Waals surface area contributed by atoms with E-state index in [9.17, 15) is 43.3 Å². The van der Waals surface area contributed by atoms with Crippen LogP contribution in [0.5, 0.6) is 0 Å². The van der Waals surface area contributed by atoms with Gasteiger partial charge in [0.05, 0.1) is 6.61 Å². The number of benzene rings is 1. The Morgan fingerprint density at radius 3 is 2.56 bits per heavy atom. The van der Waals surface area contributed by atoms with Crippen LogP contribution in [0.15, 0.2) is 64.8 Å². The van der Waals surface area contributed by atoms with Crippen molar-refractivity contribution in [1.82, 2.24) is 24.8 Å². The van der Waals surface area contributed by atoms with Crippen LogP contribution < -0.4 is 32.7 Å². The standard InChI is InChI=1S/C39H52N12O18P2S2/c1-19-45-27-32(41)43-18-44-33(27)51(19)34-28(52)29(68-36(53)22(17-72-73-39(2,3)4)46-38(55)62-14-20-7-9-21(10-8-20)48-49-42)23(65-34)16-64-71(59,60)69-30-24(15-63-70(56,57)58)66-35(31(30)67-26-6-5-13-61-26)50-12-11-25(40)47-37(50)54/h7-12,16,18-19,22,24,26,28-31,34-35,45,52H,5-6,13-15,17H2,1-4H3,(H,46,55)(H,59,60)(H2,40,47,54)(H2,41,43,44)(H2,56,57,58)/b23-16-/t19?,22-,24+,26?,28+,29?,30+,31+,34+,35+/m0/s1. The van der Waals surface area contributed by atoms with Gasteiger partial charge in [0.1, 0.15) is 61.2 Å². The Morgan fingerprint density at radius 2 is 1.89 bits per heavy atom. The van der Waals surface area contributed by atoms with E-state index in [1.54, 1.807) is 19.1 Å². The first kappa shape index (κ1) is 55.3. The van der Waals surface area contributed by atoms with Crippen molar-refractivity contribution >= 4 is 78.1 Å². The summed E-state index contributed by atoms with van der Waals surface area (Å²) in [5.74, 6) is -1.74. The van der Waals surface area contributed by atoms with Crippen molar-refractivity contribution in [2.24, 2.45) is 5.11 Å². The first-order valence-electron chi connectivity index (χ1n) is 21.9. The Morgan fingerprint density at radius 1 is 1.14 bits per heavy atom. The largest absolute Gasteiger partial charge is 0.527 e. The number of aliphatic hydroxyl groups is 1. The molecule has 0 radical (unpaired) electrons. The molecule has 73 heavy (non-hydrogen) atoms. The second kappa shape index (κ2) is 23.4. The van der Waals surface area contributed by atoms with Gasteiger partial charge in [0.2, 0.25) is 6.23 Å². The van der Waals surface area contributed by atoms with E-state index in [4.69, 9.17) is 59.0 Å². The quantitative estimate of drug-likeness (QED) is 0.0153. The molecule has 0 saturated carbocycles. The Labute approximate surface area is 422 Å². The van der Waals surface area contributed by atoms with E-state index in [1.165, 1.54) is 50.9 Å². The number of aliphatic hydroxyl groups excluding tert-OH is 1. The van der Waals surface area contributed by atoms with Crippen molar-refractivity contribution in [2.45, 2.75) is 113 Å². The fourth-order valence-corrected chi connectivity index (χ4v) is 11.2.